The van der Waals surface area contributed by atoms with E-state index < -0.39 is 5.54 Å². The third kappa shape index (κ3) is 1.95. The predicted octanol–water partition coefficient (Wildman–Crippen LogP) is 1.76. The van der Waals surface area contributed by atoms with Crippen molar-refractivity contribution in [1.82, 2.24) is 4.90 Å². The zero-order chi connectivity index (χ0) is 11.4. The zero-order valence-corrected chi connectivity index (χ0v) is 9.52. The molecule has 1 aromatic rings. The lowest BCUT2D eigenvalue weighted by Gasteiger charge is -2.38. The monoisotopic (exact) mass is 216 g/mol. The Labute approximate surface area is 96.2 Å². The van der Waals surface area contributed by atoms with Crippen LogP contribution < -0.4 is 0 Å². The molecule has 1 aliphatic rings. The van der Waals surface area contributed by atoms with Crippen LogP contribution >= 0.6 is 0 Å². The molecule has 1 atom stereocenters. The highest BCUT2D eigenvalue weighted by atomic mass is 16.5. The average Bonchev–Trinajstić information content (AvgIpc) is 2.40. The van der Waals surface area contributed by atoms with Gasteiger partial charge in [0.05, 0.1) is 19.3 Å². The summed E-state index contributed by atoms with van der Waals surface area (Å²) in [6, 6.07) is 12.4. The van der Waals surface area contributed by atoms with Gasteiger partial charge in [-0.3, -0.25) is 4.90 Å². The minimum absolute atomic E-state index is 0.537. The summed E-state index contributed by atoms with van der Waals surface area (Å²) in [5, 5.41) is 9.46. The number of nitriles is 1. The van der Waals surface area contributed by atoms with Gasteiger partial charge in [0.25, 0.3) is 0 Å². The lowest BCUT2D eigenvalue weighted by Crippen LogP contribution is -2.48. The highest BCUT2D eigenvalue weighted by Crippen LogP contribution is 2.27. The molecule has 1 fully saturated rings. The first-order valence-corrected chi connectivity index (χ1v) is 5.57. The number of ether oxygens (including phenoxy) is 1. The molecular formula is C13H16N2O. The largest absolute Gasteiger partial charge is 0.379 e. The summed E-state index contributed by atoms with van der Waals surface area (Å²) in [7, 11) is 0. The Kier molecular flexibility index (Phi) is 3.23. The first kappa shape index (κ1) is 11.1. The van der Waals surface area contributed by atoms with E-state index >= 15 is 0 Å². The molecule has 0 radical (unpaired) electrons. The molecule has 0 spiro atoms. The van der Waals surface area contributed by atoms with Crippen LogP contribution in [-0.4, -0.2) is 31.2 Å². The van der Waals surface area contributed by atoms with E-state index in [2.05, 4.69) is 11.0 Å². The molecule has 3 heteroatoms. The fourth-order valence-corrected chi connectivity index (χ4v) is 2.09. The standard InChI is InChI=1S/C13H16N2O/c1-13(11-14,12-5-3-2-4-6-12)15-7-9-16-10-8-15/h2-6H,7-10H2,1H3/t13-/m1/s1. The van der Waals surface area contributed by atoms with E-state index in [0.717, 1.165) is 18.7 Å². The molecular weight excluding hydrogens is 200 g/mol. The van der Waals surface area contributed by atoms with Crippen LogP contribution in [0.25, 0.3) is 0 Å². The van der Waals surface area contributed by atoms with Crippen LogP contribution in [0.2, 0.25) is 0 Å². The Morgan fingerprint density at radius 3 is 2.44 bits per heavy atom. The van der Waals surface area contributed by atoms with E-state index in [1.165, 1.54) is 0 Å². The van der Waals surface area contributed by atoms with Gasteiger partial charge in [-0.15, -0.1) is 0 Å². The summed E-state index contributed by atoms with van der Waals surface area (Å²) < 4.78 is 5.32. The smallest absolute Gasteiger partial charge is 0.132 e. The van der Waals surface area contributed by atoms with Gasteiger partial charge in [0.2, 0.25) is 0 Å². The highest BCUT2D eigenvalue weighted by Gasteiger charge is 2.34. The Bertz CT molecular complexity index is 379. The molecule has 1 saturated heterocycles. The van der Waals surface area contributed by atoms with Crippen molar-refractivity contribution < 1.29 is 4.74 Å². The molecule has 0 N–H and O–H groups in total. The normalized spacial score (nSPS) is 21.0. The van der Waals surface area contributed by atoms with Gasteiger partial charge in [-0.05, 0) is 12.5 Å². The first-order valence-electron chi connectivity index (χ1n) is 5.57. The van der Waals surface area contributed by atoms with Crippen molar-refractivity contribution in [3.05, 3.63) is 35.9 Å². The van der Waals surface area contributed by atoms with Gasteiger partial charge in [-0.2, -0.15) is 5.26 Å². The summed E-state index contributed by atoms with van der Waals surface area (Å²) in [6.07, 6.45) is 0. The highest BCUT2D eigenvalue weighted by molar-refractivity contribution is 5.30. The van der Waals surface area contributed by atoms with Gasteiger partial charge in [0.1, 0.15) is 5.54 Å². The number of morpholine rings is 1. The second-order valence-corrected chi connectivity index (χ2v) is 4.15. The first-order chi connectivity index (χ1) is 7.77. The van der Waals surface area contributed by atoms with Crippen LogP contribution in [0.15, 0.2) is 30.3 Å². The fraction of sp³-hybridized carbons (Fsp3) is 0.462. The van der Waals surface area contributed by atoms with Gasteiger partial charge >= 0.3 is 0 Å². The maximum absolute atomic E-state index is 9.46. The second kappa shape index (κ2) is 4.65. The maximum Gasteiger partial charge on any atom is 0.132 e. The molecule has 84 valence electrons. The van der Waals surface area contributed by atoms with Gasteiger partial charge in [0, 0.05) is 13.1 Å². The summed E-state index contributed by atoms with van der Waals surface area (Å²) in [5.74, 6) is 0. The number of rotatable bonds is 2. The van der Waals surface area contributed by atoms with Crippen LogP contribution in [-0.2, 0) is 10.3 Å². The molecule has 16 heavy (non-hydrogen) atoms. The number of benzene rings is 1. The van der Waals surface area contributed by atoms with Gasteiger partial charge in [-0.25, -0.2) is 0 Å². The van der Waals surface area contributed by atoms with E-state index in [-0.39, 0.29) is 0 Å². The SMILES string of the molecule is C[C@@](C#N)(c1ccccc1)N1CCOCC1. The van der Waals surface area contributed by atoms with E-state index in [0.29, 0.717) is 13.2 Å². The fourth-order valence-electron chi connectivity index (χ4n) is 2.09. The van der Waals surface area contributed by atoms with Crippen molar-refractivity contribution in [2.75, 3.05) is 26.3 Å². The summed E-state index contributed by atoms with van der Waals surface area (Å²) in [6.45, 7) is 5.04. The summed E-state index contributed by atoms with van der Waals surface area (Å²) in [5.41, 5.74) is 0.518. The van der Waals surface area contributed by atoms with Crippen LogP contribution in [0.5, 0.6) is 0 Å². The lowest BCUT2D eigenvalue weighted by atomic mass is 9.91. The van der Waals surface area contributed by atoms with Gasteiger partial charge in [0.15, 0.2) is 0 Å². The molecule has 0 aromatic heterocycles. The molecule has 1 aromatic carbocycles. The van der Waals surface area contributed by atoms with E-state index in [1.807, 2.05) is 37.3 Å². The van der Waals surface area contributed by atoms with Crippen molar-refractivity contribution in [3.8, 4) is 6.07 Å². The van der Waals surface area contributed by atoms with Crippen molar-refractivity contribution in [2.24, 2.45) is 0 Å². The molecule has 1 heterocycles. The third-order valence-corrected chi connectivity index (χ3v) is 3.20. The predicted molar refractivity (Wildman–Crippen MR) is 61.8 cm³/mol. The molecule has 0 bridgehead atoms. The Balaban J connectivity index is 2.29. The van der Waals surface area contributed by atoms with Gasteiger partial charge in [-0.1, -0.05) is 30.3 Å². The number of nitrogens with zero attached hydrogens (tertiary/aromatic N) is 2. The minimum atomic E-state index is -0.537. The number of hydrogen-bond donors (Lipinski definition) is 0. The van der Waals surface area contributed by atoms with Gasteiger partial charge < -0.3 is 4.74 Å². The zero-order valence-electron chi connectivity index (χ0n) is 9.52. The van der Waals surface area contributed by atoms with Crippen molar-refractivity contribution >= 4 is 0 Å². The second-order valence-electron chi connectivity index (χ2n) is 4.15. The Morgan fingerprint density at radius 1 is 1.25 bits per heavy atom. The van der Waals surface area contributed by atoms with Crippen LogP contribution in [0, 0.1) is 11.3 Å². The van der Waals surface area contributed by atoms with Crippen LogP contribution in [0.4, 0.5) is 0 Å². The topological polar surface area (TPSA) is 36.3 Å². The Hall–Kier alpha value is -1.37. The Morgan fingerprint density at radius 2 is 1.88 bits per heavy atom. The van der Waals surface area contributed by atoms with Crippen molar-refractivity contribution in [1.29, 1.82) is 5.26 Å². The van der Waals surface area contributed by atoms with Crippen molar-refractivity contribution in [2.45, 2.75) is 12.5 Å². The maximum atomic E-state index is 9.46. The lowest BCUT2D eigenvalue weighted by molar-refractivity contribution is 0.000441. The van der Waals surface area contributed by atoms with E-state index in [1.54, 1.807) is 0 Å². The molecule has 0 aliphatic carbocycles. The summed E-state index contributed by atoms with van der Waals surface area (Å²) >= 11 is 0. The average molecular weight is 216 g/mol. The molecule has 1 aliphatic heterocycles. The number of hydrogen-bond acceptors (Lipinski definition) is 3. The molecule has 0 amide bonds. The van der Waals surface area contributed by atoms with Crippen LogP contribution in [0.3, 0.4) is 0 Å². The molecule has 3 nitrogen and oxygen atoms in total. The molecule has 2 rings (SSSR count). The van der Waals surface area contributed by atoms with E-state index in [4.69, 9.17) is 4.74 Å². The minimum Gasteiger partial charge on any atom is -0.379 e. The third-order valence-electron chi connectivity index (χ3n) is 3.20. The van der Waals surface area contributed by atoms with Crippen LogP contribution in [0.1, 0.15) is 12.5 Å². The van der Waals surface area contributed by atoms with Crippen molar-refractivity contribution in [3.63, 3.8) is 0 Å². The van der Waals surface area contributed by atoms with E-state index in [9.17, 15) is 5.26 Å². The summed E-state index contributed by atoms with van der Waals surface area (Å²) in [4.78, 5) is 2.19. The molecule has 0 unspecified atom stereocenters. The quantitative estimate of drug-likeness (QED) is 0.755. The molecule has 0 saturated carbocycles.